The highest BCUT2D eigenvalue weighted by molar-refractivity contribution is 5.54. The Morgan fingerprint density at radius 1 is 1.18 bits per heavy atom. The predicted molar refractivity (Wildman–Crippen MR) is 89.6 cm³/mol. The third kappa shape index (κ3) is 3.38. The Morgan fingerprint density at radius 2 is 1.95 bits per heavy atom. The lowest BCUT2D eigenvalue weighted by atomic mass is 9.91. The number of pyridine rings is 1. The van der Waals surface area contributed by atoms with Crippen molar-refractivity contribution >= 4 is 0 Å². The van der Waals surface area contributed by atoms with Crippen LogP contribution >= 0.6 is 0 Å². The van der Waals surface area contributed by atoms with E-state index in [9.17, 15) is 0 Å². The number of hydrogen-bond acceptors (Lipinski definition) is 3. The average molecular weight is 298 g/mol. The fraction of sp³-hybridized carbons (Fsp3) is 0.556. The van der Waals surface area contributed by atoms with Gasteiger partial charge in [-0.1, -0.05) is 6.07 Å². The van der Waals surface area contributed by atoms with E-state index >= 15 is 0 Å². The summed E-state index contributed by atoms with van der Waals surface area (Å²) < 4.78 is 1.88. The van der Waals surface area contributed by atoms with Crippen LogP contribution in [0.3, 0.4) is 0 Å². The number of aromatic nitrogens is 3. The van der Waals surface area contributed by atoms with E-state index in [0.29, 0.717) is 6.04 Å². The Kier molecular flexibility index (Phi) is 4.57. The smallest absolute Gasteiger partial charge is 0.0886 e. The second-order valence-corrected chi connectivity index (χ2v) is 6.63. The molecule has 0 bridgehead atoms. The number of piperidine rings is 1. The summed E-state index contributed by atoms with van der Waals surface area (Å²) >= 11 is 0. The van der Waals surface area contributed by atoms with Crippen LogP contribution in [0.5, 0.6) is 0 Å². The molecule has 0 aliphatic carbocycles. The van der Waals surface area contributed by atoms with Gasteiger partial charge in [-0.2, -0.15) is 5.10 Å². The van der Waals surface area contributed by atoms with Gasteiger partial charge in [0.05, 0.1) is 11.4 Å². The molecule has 4 nitrogen and oxygen atoms in total. The maximum atomic E-state index is 4.85. The minimum absolute atomic E-state index is 0.673. The Bertz CT molecular complexity index is 609. The minimum atomic E-state index is 0.673. The molecule has 1 aliphatic rings. The van der Waals surface area contributed by atoms with Crippen LogP contribution in [-0.4, -0.2) is 38.8 Å². The van der Waals surface area contributed by atoms with Gasteiger partial charge in [-0.15, -0.1) is 0 Å². The molecule has 0 amide bonds. The highest BCUT2D eigenvalue weighted by Crippen LogP contribution is 2.23. The number of likely N-dealkylation sites (tertiary alicyclic amines) is 1. The van der Waals surface area contributed by atoms with Crippen molar-refractivity contribution in [3.05, 3.63) is 36.2 Å². The van der Waals surface area contributed by atoms with E-state index in [2.05, 4.69) is 42.0 Å². The van der Waals surface area contributed by atoms with Gasteiger partial charge in [-0.3, -0.25) is 9.67 Å². The van der Waals surface area contributed by atoms with E-state index in [1.54, 1.807) is 0 Å². The third-order valence-corrected chi connectivity index (χ3v) is 4.77. The Balaban J connectivity index is 1.66. The maximum Gasteiger partial charge on any atom is 0.0886 e. The summed E-state index contributed by atoms with van der Waals surface area (Å²) in [6.45, 7) is 7.03. The van der Waals surface area contributed by atoms with E-state index in [-0.39, 0.29) is 0 Å². The van der Waals surface area contributed by atoms with E-state index in [0.717, 1.165) is 23.7 Å². The largest absolute Gasteiger partial charge is 0.301 e. The van der Waals surface area contributed by atoms with Crippen molar-refractivity contribution in [2.75, 3.05) is 13.1 Å². The molecule has 22 heavy (non-hydrogen) atoms. The van der Waals surface area contributed by atoms with Gasteiger partial charge >= 0.3 is 0 Å². The molecule has 0 saturated carbocycles. The first-order valence-electron chi connectivity index (χ1n) is 8.32. The fourth-order valence-corrected chi connectivity index (χ4v) is 3.33. The standard InChI is InChI=1S/C18H26N4/c1-14(2)22-11-8-15(9-12-22)13-16-5-4-6-17(20-16)18-7-10-19-21(18)3/h4-7,10,14-15H,8-9,11-13H2,1-3H3. The van der Waals surface area contributed by atoms with E-state index < -0.39 is 0 Å². The van der Waals surface area contributed by atoms with E-state index in [1.165, 1.54) is 31.6 Å². The SMILES string of the molecule is CC(C)N1CCC(Cc2cccc(-c3ccnn3C)n2)CC1. The summed E-state index contributed by atoms with van der Waals surface area (Å²) in [5.41, 5.74) is 3.32. The zero-order valence-electron chi connectivity index (χ0n) is 13.9. The van der Waals surface area contributed by atoms with Crippen LogP contribution < -0.4 is 0 Å². The first-order chi connectivity index (χ1) is 10.6. The Hall–Kier alpha value is -1.68. The Labute approximate surface area is 133 Å². The summed E-state index contributed by atoms with van der Waals surface area (Å²) in [7, 11) is 1.96. The van der Waals surface area contributed by atoms with Crippen molar-refractivity contribution in [2.45, 2.75) is 39.2 Å². The van der Waals surface area contributed by atoms with Crippen LogP contribution in [0.25, 0.3) is 11.4 Å². The first kappa shape index (κ1) is 15.2. The van der Waals surface area contributed by atoms with Gasteiger partial charge in [0.1, 0.15) is 0 Å². The van der Waals surface area contributed by atoms with Gasteiger partial charge in [0.25, 0.3) is 0 Å². The summed E-state index contributed by atoms with van der Waals surface area (Å²) in [5, 5.41) is 4.23. The second-order valence-electron chi connectivity index (χ2n) is 6.63. The van der Waals surface area contributed by atoms with Crippen molar-refractivity contribution in [1.29, 1.82) is 0 Å². The van der Waals surface area contributed by atoms with Gasteiger partial charge < -0.3 is 4.90 Å². The van der Waals surface area contributed by atoms with Crippen LogP contribution in [0.15, 0.2) is 30.5 Å². The van der Waals surface area contributed by atoms with Crippen molar-refractivity contribution in [2.24, 2.45) is 13.0 Å². The molecule has 0 aromatic carbocycles. The van der Waals surface area contributed by atoms with Crippen LogP contribution in [-0.2, 0) is 13.5 Å². The Morgan fingerprint density at radius 3 is 2.59 bits per heavy atom. The normalized spacial score (nSPS) is 17.3. The topological polar surface area (TPSA) is 34.0 Å². The zero-order chi connectivity index (χ0) is 15.5. The first-order valence-corrected chi connectivity index (χ1v) is 8.32. The quantitative estimate of drug-likeness (QED) is 0.869. The van der Waals surface area contributed by atoms with Gasteiger partial charge in [-0.25, -0.2) is 0 Å². The fourth-order valence-electron chi connectivity index (χ4n) is 3.33. The van der Waals surface area contributed by atoms with Gasteiger partial charge in [-0.05, 0) is 70.3 Å². The van der Waals surface area contributed by atoms with Gasteiger partial charge in [0.15, 0.2) is 0 Å². The van der Waals surface area contributed by atoms with Gasteiger partial charge in [0, 0.05) is 25.0 Å². The van der Waals surface area contributed by atoms with Crippen LogP contribution in [0, 0.1) is 5.92 Å². The van der Waals surface area contributed by atoms with Crippen molar-refractivity contribution in [1.82, 2.24) is 19.7 Å². The molecule has 1 fully saturated rings. The number of rotatable bonds is 4. The van der Waals surface area contributed by atoms with Crippen LogP contribution in [0.2, 0.25) is 0 Å². The summed E-state index contributed by atoms with van der Waals surface area (Å²) in [6.07, 6.45) is 5.49. The second kappa shape index (κ2) is 6.61. The van der Waals surface area contributed by atoms with E-state index in [1.807, 2.05) is 24.0 Å². The van der Waals surface area contributed by atoms with Crippen molar-refractivity contribution < 1.29 is 0 Å². The molecular formula is C18H26N4. The molecule has 0 N–H and O–H groups in total. The molecular weight excluding hydrogens is 272 g/mol. The van der Waals surface area contributed by atoms with Crippen molar-refractivity contribution in [3.63, 3.8) is 0 Å². The highest BCUT2D eigenvalue weighted by atomic mass is 15.3. The molecule has 118 valence electrons. The molecule has 3 rings (SSSR count). The summed E-state index contributed by atoms with van der Waals surface area (Å²) in [4.78, 5) is 7.43. The average Bonchev–Trinajstić information content (AvgIpc) is 2.94. The summed E-state index contributed by atoms with van der Waals surface area (Å²) in [5.74, 6) is 0.768. The summed E-state index contributed by atoms with van der Waals surface area (Å²) in [6, 6.07) is 9.05. The van der Waals surface area contributed by atoms with Crippen LogP contribution in [0.1, 0.15) is 32.4 Å². The van der Waals surface area contributed by atoms with Gasteiger partial charge in [0.2, 0.25) is 0 Å². The predicted octanol–water partition coefficient (Wildman–Crippen LogP) is 3.15. The molecule has 0 spiro atoms. The lowest BCUT2D eigenvalue weighted by molar-refractivity contribution is 0.149. The molecule has 1 aliphatic heterocycles. The molecule has 0 atom stereocenters. The molecule has 4 heteroatoms. The molecule has 1 saturated heterocycles. The number of hydrogen-bond donors (Lipinski definition) is 0. The minimum Gasteiger partial charge on any atom is -0.301 e. The number of aryl methyl sites for hydroxylation is 1. The molecule has 2 aromatic rings. The monoisotopic (exact) mass is 298 g/mol. The molecule has 0 radical (unpaired) electrons. The zero-order valence-corrected chi connectivity index (χ0v) is 13.9. The highest BCUT2D eigenvalue weighted by Gasteiger charge is 2.21. The molecule has 3 heterocycles. The molecule has 0 unspecified atom stereocenters. The number of nitrogens with zero attached hydrogens (tertiary/aromatic N) is 4. The third-order valence-electron chi connectivity index (χ3n) is 4.77. The lowest BCUT2D eigenvalue weighted by Gasteiger charge is -2.34. The molecule has 2 aromatic heterocycles. The maximum absolute atomic E-state index is 4.85. The van der Waals surface area contributed by atoms with Crippen molar-refractivity contribution in [3.8, 4) is 11.4 Å². The van der Waals surface area contributed by atoms with E-state index in [4.69, 9.17) is 4.98 Å². The van der Waals surface area contributed by atoms with Crippen LogP contribution in [0.4, 0.5) is 0 Å². The lowest BCUT2D eigenvalue weighted by Crippen LogP contribution is -2.38.